The number of aromatic hydroxyl groups is 1. The normalized spacial score (nSPS) is 13.5. The maximum Gasteiger partial charge on any atom is 0.329 e. The Bertz CT molecular complexity index is 417. The number of carbonyl (C=O) groups is 1. The van der Waals surface area contributed by atoms with Crippen LogP contribution in [0.2, 0.25) is 0 Å². The Hall–Kier alpha value is -1.49. The van der Waals surface area contributed by atoms with Gasteiger partial charge in [-0.1, -0.05) is 12.1 Å². The minimum Gasteiger partial charge on any atom is -0.507 e. The summed E-state index contributed by atoms with van der Waals surface area (Å²) in [6, 6.07) is 5.78. The van der Waals surface area contributed by atoms with Crippen molar-refractivity contribution in [3.8, 4) is 5.75 Å². The van der Waals surface area contributed by atoms with Gasteiger partial charge in [0.1, 0.15) is 5.75 Å². The fraction of sp³-hybridized carbons (Fsp3) is 0.273. The van der Waals surface area contributed by atoms with Gasteiger partial charge in [0.15, 0.2) is 6.04 Å². The Morgan fingerprint density at radius 2 is 2.12 bits per heavy atom. The average molecular weight is 239 g/mol. The van der Waals surface area contributed by atoms with Gasteiger partial charge in [0, 0.05) is 17.0 Å². The second-order valence-electron chi connectivity index (χ2n) is 3.27. The predicted octanol–water partition coefficient (Wildman–Crippen LogP) is 1.58. The first-order chi connectivity index (χ1) is 7.56. The van der Waals surface area contributed by atoms with Crippen molar-refractivity contribution in [1.82, 2.24) is 0 Å². The number of aliphatic carboxylic acids is 1. The van der Waals surface area contributed by atoms with Crippen LogP contribution in [0.15, 0.2) is 29.3 Å². The molecule has 0 fully saturated rings. The van der Waals surface area contributed by atoms with Gasteiger partial charge in [-0.2, -0.15) is 12.6 Å². The monoisotopic (exact) mass is 239 g/mol. The number of thiol groups is 1. The molecule has 0 aliphatic heterocycles. The van der Waals surface area contributed by atoms with Crippen LogP contribution in [0.1, 0.15) is 12.5 Å². The number of rotatable bonds is 4. The minimum absolute atomic E-state index is 0.0899. The van der Waals surface area contributed by atoms with Crippen LogP contribution in [0.3, 0.4) is 0 Å². The van der Waals surface area contributed by atoms with E-state index in [2.05, 4.69) is 17.6 Å². The lowest BCUT2D eigenvalue weighted by Crippen LogP contribution is -2.21. The third kappa shape index (κ3) is 3.00. The lowest BCUT2D eigenvalue weighted by atomic mass is 10.1. The maximum atomic E-state index is 10.8. The number of phenolic OH excluding ortho intramolecular Hbond substituents is 1. The van der Waals surface area contributed by atoms with Crippen LogP contribution in [-0.2, 0) is 4.79 Å². The number of nitrogens with zero attached hydrogens (tertiary/aromatic N) is 1. The Morgan fingerprint density at radius 1 is 1.50 bits per heavy atom. The number of hydrogen-bond acceptors (Lipinski definition) is 4. The van der Waals surface area contributed by atoms with Crippen molar-refractivity contribution >= 4 is 24.3 Å². The van der Waals surface area contributed by atoms with Crippen LogP contribution in [0.4, 0.5) is 0 Å². The predicted molar refractivity (Wildman–Crippen MR) is 65.6 cm³/mol. The Morgan fingerprint density at radius 3 is 2.62 bits per heavy atom. The van der Waals surface area contributed by atoms with E-state index in [0.717, 1.165) is 0 Å². The number of benzene rings is 1. The molecule has 2 N–H and O–H groups in total. The third-order valence-corrected chi connectivity index (χ3v) is 2.45. The molecule has 16 heavy (non-hydrogen) atoms. The average Bonchev–Trinajstić information content (AvgIpc) is 2.25. The van der Waals surface area contributed by atoms with Crippen molar-refractivity contribution in [2.24, 2.45) is 4.99 Å². The van der Waals surface area contributed by atoms with Gasteiger partial charge >= 0.3 is 5.97 Å². The molecule has 1 rings (SSSR count). The first-order valence-electron chi connectivity index (χ1n) is 4.72. The number of phenols is 1. The second kappa shape index (κ2) is 5.55. The van der Waals surface area contributed by atoms with E-state index < -0.39 is 12.0 Å². The summed E-state index contributed by atoms with van der Waals surface area (Å²) in [4.78, 5) is 14.8. The van der Waals surface area contributed by atoms with Gasteiger partial charge in [0.25, 0.3) is 0 Å². The summed E-state index contributed by atoms with van der Waals surface area (Å²) in [5.74, 6) is -0.808. The lowest BCUT2D eigenvalue weighted by molar-refractivity contribution is -0.137. The Kier molecular flexibility index (Phi) is 4.37. The van der Waals surface area contributed by atoms with E-state index in [-0.39, 0.29) is 11.5 Å². The number of para-hydroxylation sites is 1. The van der Waals surface area contributed by atoms with E-state index in [1.807, 2.05) is 0 Å². The summed E-state index contributed by atoms with van der Waals surface area (Å²) in [7, 11) is 0. The summed E-state index contributed by atoms with van der Waals surface area (Å²) in [6.45, 7) is 1.66. The van der Waals surface area contributed by atoms with E-state index in [4.69, 9.17) is 5.11 Å². The third-order valence-electron chi connectivity index (χ3n) is 2.10. The smallest absolute Gasteiger partial charge is 0.329 e. The molecule has 4 nitrogen and oxygen atoms in total. The molecular formula is C11H13NO3S. The van der Waals surface area contributed by atoms with Crippen LogP contribution in [0, 0.1) is 0 Å². The summed E-state index contributed by atoms with van der Waals surface area (Å²) < 4.78 is 0. The van der Waals surface area contributed by atoms with Gasteiger partial charge < -0.3 is 10.2 Å². The van der Waals surface area contributed by atoms with Crippen LogP contribution >= 0.6 is 12.6 Å². The molecule has 1 atom stereocenters. The summed E-state index contributed by atoms with van der Waals surface area (Å²) in [6.07, 6.45) is 0. The lowest BCUT2D eigenvalue weighted by Gasteiger charge is -2.07. The van der Waals surface area contributed by atoms with Crippen molar-refractivity contribution in [2.45, 2.75) is 13.0 Å². The molecule has 0 aliphatic rings. The molecule has 0 heterocycles. The zero-order valence-electron chi connectivity index (χ0n) is 8.79. The number of aliphatic imine (C=N–C) groups is 1. The Balaban J connectivity index is 3.01. The van der Waals surface area contributed by atoms with Gasteiger partial charge in [-0.3, -0.25) is 4.99 Å². The standard InChI is InChI=1S/C11H13NO3S/c1-7(12-9(6-16)11(14)15)8-4-2-3-5-10(8)13/h2-5,9,13,16H,6H2,1H3,(H,14,15). The fourth-order valence-corrected chi connectivity index (χ4v) is 1.49. The number of carboxylic acids is 1. The number of carboxylic acid groups (broad SMARTS) is 1. The first kappa shape index (κ1) is 12.6. The van der Waals surface area contributed by atoms with E-state index in [0.29, 0.717) is 11.3 Å². The number of hydrogen-bond donors (Lipinski definition) is 3. The largest absolute Gasteiger partial charge is 0.507 e. The van der Waals surface area contributed by atoms with Gasteiger partial charge in [-0.15, -0.1) is 0 Å². The van der Waals surface area contributed by atoms with E-state index >= 15 is 0 Å². The van der Waals surface area contributed by atoms with Crippen LogP contribution in [0.5, 0.6) is 5.75 Å². The molecule has 0 amide bonds. The molecule has 5 heteroatoms. The maximum absolute atomic E-state index is 10.8. The Labute approximate surface area is 99.1 Å². The summed E-state index contributed by atoms with van der Waals surface area (Å²) in [5.41, 5.74) is 1.02. The van der Waals surface area contributed by atoms with Crippen LogP contribution in [-0.4, -0.2) is 33.7 Å². The molecule has 0 saturated carbocycles. The molecule has 1 unspecified atom stereocenters. The highest BCUT2D eigenvalue weighted by Gasteiger charge is 2.15. The zero-order valence-corrected chi connectivity index (χ0v) is 9.69. The van der Waals surface area contributed by atoms with Crippen LogP contribution in [0.25, 0.3) is 0 Å². The summed E-state index contributed by atoms with van der Waals surface area (Å²) in [5, 5.41) is 18.4. The molecule has 1 aromatic rings. The molecule has 0 bridgehead atoms. The molecule has 0 aromatic heterocycles. The highest BCUT2D eigenvalue weighted by molar-refractivity contribution is 7.80. The molecule has 0 aliphatic carbocycles. The van der Waals surface area contributed by atoms with Crippen molar-refractivity contribution in [3.05, 3.63) is 29.8 Å². The highest BCUT2D eigenvalue weighted by atomic mass is 32.1. The fourth-order valence-electron chi connectivity index (χ4n) is 1.26. The van der Waals surface area contributed by atoms with E-state index in [9.17, 15) is 9.90 Å². The quantitative estimate of drug-likeness (QED) is 0.552. The van der Waals surface area contributed by atoms with E-state index in [1.165, 1.54) is 6.07 Å². The molecule has 0 saturated heterocycles. The molecule has 0 spiro atoms. The van der Waals surface area contributed by atoms with Crippen molar-refractivity contribution in [2.75, 3.05) is 5.75 Å². The zero-order chi connectivity index (χ0) is 12.1. The van der Waals surface area contributed by atoms with Crippen molar-refractivity contribution in [1.29, 1.82) is 0 Å². The van der Waals surface area contributed by atoms with E-state index in [1.54, 1.807) is 25.1 Å². The second-order valence-corrected chi connectivity index (χ2v) is 3.63. The molecule has 86 valence electrons. The molecule has 1 aromatic carbocycles. The summed E-state index contributed by atoms with van der Waals surface area (Å²) >= 11 is 3.92. The minimum atomic E-state index is -1.02. The van der Waals surface area contributed by atoms with Gasteiger partial charge in [-0.25, -0.2) is 4.79 Å². The molecule has 0 radical (unpaired) electrons. The van der Waals surface area contributed by atoms with Crippen molar-refractivity contribution < 1.29 is 15.0 Å². The van der Waals surface area contributed by atoms with Gasteiger partial charge in [0.05, 0.1) is 0 Å². The highest BCUT2D eigenvalue weighted by Crippen LogP contribution is 2.17. The topological polar surface area (TPSA) is 69.9 Å². The van der Waals surface area contributed by atoms with Crippen LogP contribution < -0.4 is 0 Å². The molecular weight excluding hydrogens is 226 g/mol. The first-order valence-corrected chi connectivity index (χ1v) is 5.36. The van der Waals surface area contributed by atoms with Gasteiger partial charge in [0.2, 0.25) is 0 Å². The SMILES string of the molecule is CC(=NC(CS)C(=O)O)c1ccccc1O. The van der Waals surface area contributed by atoms with Crippen molar-refractivity contribution in [3.63, 3.8) is 0 Å². The van der Waals surface area contributed by atoms with Gasteiger partial charge in [-0.05, 0) is 19.1 Å².